The van der Waals surface area contributed by atoms with Crippen LogP contribution in [-0.4, -0.2) is 10.1 Å². The summed E-state index contributed by atoms with van der Waals surface area (Å²) in [6.45, 7) is 2.33. The number of pyridine rings is 1. The molecule has 0 amide bonds. The summed E-state index contributed by atoms with van der Waals surface area (Å²) in [4.78, 5) is 4.41. The Kier molecular flexibility index (Phi) is 2.32. The molecule has 0 aromatic carbocycles. The van der Waals surface area contributed by atoms with E-state index in [9.17, 15) is 0 Å². The van der Waals surface area contributed by atoms with E-state index >= 15 is 0 Å². The number of aryl methyl sites for hydroxylation is 1. The Labute approximate surface area is 78.6 Å². The quantitative estimate of drug-likeness (QED) is 0.711. The second kappa shape index (κ2) is 3.46. The van der Waals surface area contributed by atoms with Crippen molar-refractivity contribution >= 4 is 0 Å². The van der Waals surface area contributed by atoms with Gasteiger partial charge in [0.05, 0.1) is 6.61 Å². The van der Waals surface area contributed by atoms with Gasteiger partial charge in [-0.2, -0.15) is 0 Å². The fourth-order valence-corrected chi connectivity index (χ4v) is 2.04. The van der Waals surface area contributed by atoms with Crippen LogP contribution in [0.1, 0.15) is 42.5 Å². The molecule has 13 heavy (non-hydrogen) atoms. The lowest BCUT2D eigenvalue weighted by Gasteiger charge is -2.21. The summed E-state index contributed by atoms with van der Waals surface area (Å²) < 4.78 is 0. The molecule has 1 unspecified atom stereocenters. The largest absolute Gasteiger partial charge is 0.392 e. The summed E-state index contributed by atoms with van der Waals surface area (Å²) in [5.41, 5.74) is 3.52. The van der Waals surface area contributed by atoms with Gasteiger partial charge in [0, 0.05) is 11.9 Å². The Morgan fingerprint density at radius 3 is 3.23 bits per heavy atom. The number of aliphatic hydroxyl groups is 1. The van der Waals surface area contributed by atoms with Gasteiger partial charge in [-0.05, 0) is 36.3 Å². The number of fused-ring (bicyclic) bond motifs is 1. The van der Waals surface area contributed by atoms with E-state index in [1.54, 1.807) is 6.20 Å². The van der Waals surface area contributed by atoms with Crippen LogP contribution in [0.25, 0.3) is 0 Å². The number of aliphatic hydroxyl groups excluding tert-OH is 1. The van der Waals surface area contributed by atoms with Crippen molar-refractivity contribution < 1.29 is 5.11 Å². The van der Waals surface area contributed by atoms with Crippen molar-refractivity contribution in [2.24, 2.45) is 0 Å². The van der Waals surface area contributed by atoms with Crippen LogP contribution in [0.5, 0.6) is 0 Å². The first kappa shape index (κ1) is 8.70. The molecule has 2 nitrogen and oxygen atoms in total. The first-order valence-corrected chi connectivity index (χ1v) is 4.90. The van der Waals surface area contributed by atoms with Crippen molar-refractivity contribution in [3.63, 3.8) is 0 Å². The van der Waals surface area contributed by atoms with E-state index in [1.165, 1.54) is 24.1 Å². The number of rotatable bonds is 1. The molecule has 2 heteroatoms. The van der Waals surface area contributed by atoms with Gasteiger partial charge in [-0.1, -0.05) is 13.0 Å². The fraction of sp³-hybridized carbons (Fsp3) is 0.545. The minimum Gasteiger partial charge on any atom is -0.392 e. The van der Waals surface area contributed by atoms with Crippen LogP contribution in [0.3, 0.4) is 0 Å². The van der Waals surface area contributed by atoms with Crippen molar-refractivity contribution in [3.8, 4) is 0 Å². The van der Waals surface area contributed by atoms with Gasteiger partial charge in [-0.3, -0.25) is 4.98 Å². The molecule has 2 rings (SSSR count). The Morgan fingerprint density at radius 2 is 2.46 bits per heavy atom. The van der Waals surface area contributed by atoms with E-state index in [1.807, 2.05) is 0 Å². The predicted molar refractivity (Wildman–Crippen MR) is 51.5 cm³/mol. The summed E-state index contributed by atoms with van der Waals surface area (Å²) >= 11 is 0. The van der Waals surface area contributed by atoms with Crippen LogP contribution >= 0.6 is 0 Å². The Hall–Kier alpha value is -0.890. The third-order valence-electron chi connectivity index (χ3n) is 2.79. The monoisotopic (exact) mass is 177 g/mol. The molecule has 0 bridgehead atoms. The standard InChI is InChI=1S/C11H15NO/c1-8-3-2-4-10-5-9(7-13)6-12-11(8)10/h5-6,8,13H,2-4,7H2,1H3. The Balaban J connectivity index is 2.39. The van der Waals surface area contributed by atoms with Crippen LogP contribution in [-0.2, 0) is 13.0 Å². The molecule has 1 N–H and O–H groups in total. The topological polar surface area (TPSA) is 33.1 Å². The highest BCUT2D eigenvalue weighted by molar-refractivity contribution is 5.29. The van der Waals surface area contributed by atoms with E-state index in [2.05, 4.69) is 18.0 Å². The average Bonchev–Trinajstić information content (AvgIpc) is 2.18. The maximum atomic E-state index is 8.97. The van der Waals surface area contributed by atoms with E-state index in [-0.39, 0.29) is 6.61 Å². The summed E-state index contributed by atoms with van der Waals surface area (Å²) in [6.07, 6.45) is 5.42. The molecule has 1 atom stereocenters. The zero-order chi connectivity index (χ0) is 9.26. The maximum Gasteiger partial charge on any atom is 0.0696 e. The molecule has 0 saturated heterocycles. The van der Waals surface area contributed by atoms with E-state index in [0.717, 1.165) is 12.0 Å². The van der Waals surface area contributed by atoms with Crippen molar-refractivity contribution in [2.45, 2.75) is 38.7 Å². The molecule has 1 heterocycles. The number of nitrogens with zero attached hydrogens (tertiary/aromatic N) is 1. The predicted octanol–water partition coefficient (Wildman–Crippen LogP) is 2.01. The minimum absolute atomic E-state index is 0.106. The van der Waals surface area contributed by atoms with Crippen molar-refractivity contribution in [1.82, 2.24) is 4.98 Å². The number of hydrogen-bond donors (Lipinski definition) is 1. The molecule has 0 fully saturated rings. The molecule has 0 aliphatic heterocycles. The van der Waals surface area contributed by atoms with Gasteiger partial charge in [0.25, 0.3) is 0 Å². The smallest absolute Gasteiger partial charge is 0.0696 e. The molecule has 0 radical (unpaired) electrons. The molecule has 0 saturated carbocycles. The lowest BCUT2D eigenvalue weighted by Crippen LogP contribution is -2.09. The van der Waals surface area contributed by atoms with Gasteiger partial charge in [-0.25, -0.2) is 0 Å². The van der Waals surface area contributed by atoms with Gasteiger partial charge in [-0.15, -0.1) is 0 Å². The highest BCUT2D eigenvalue weighted by Gasteiger charge is 2.17. The molecule has 1 aromatic heterocycles. The average molecular weight is 177 g/mol. The molecule has 1 aromatic rings. The molecule has 70 valence electrons. The highest BCUT2D eigenvalue weighted by Crippen LogP contribution is 2.29. The summed E-state index contributed by atoms with van der Waals surface area (Å²) in [5, 5.41) is 8.97. The van der Waals surface area contributed by atoms with Crippen molar-refractivity contribution in [3.05, 3.63) is 29.1 Å². The molecule has 1 aliphatic rings. The molecule has 0 spiro atoms. The third kappa shape index (κ3) is 1.59. The van der Waals surface area contributed by atoms with Crippen molar-refractivity contribution in [2.75, 3.05) is 0 Å². The lowest BCUT2D eigenvalue weighted by atomic mass is 9.87. The van der Waals surface area contributed by atoms with E-state index in [0.29, 0.717) is 5.92 Å². The number of aromatic nitrogens is 1. The van der Waals surface area contributed by atoms with Crippen molar-refractivity contribution in [1.29, 1.82) is 0 Å². The van der Waals surface area contributed by atoms with E-state index in [4.69, 9.17) is 5.11 Å². The first-order valence-electron chi connectivity index (χ1n) is 4.90. The Morgan fingerprint density at radius 1 is 1.62 bits per heavy atom. The second-order valence-electron chi connectivity index (χ2n) is 3.84. The van der Waals surface area contributed by atoms with Gasteiger partial charge >= 0.3 is 0 Å². The van der Waals surface area contributed by atoms with Gasteiger partial charge in [0.2, 0.25) is 0 Å². The molecule has 1 aliphatic carbocycles. The van der Waals surface area contributed by atoms with E-state index < -0.39 is 0 Å². The zero-order valence-corrected chi connectivity index (χ0v) is 7.95. The van der Waals surface area contributed by atoms with Gasteiger partial charge < -0.3 is 5.11 Å². The third-order valence-corrected chi connectivity index (χ3v) is 2.79. The summed E-state index contributed by atoms with van der Waals surface area (Å²) in [6, 6.07) is 2.10. The SMILES string of the molecule is CC1CCCc2cc(CO)cnc21. The summed E-state index contributed by atoms with van der Waals surface area (Å²) in [5.74, 6) is 0.594. The Bertz CT molecular complexity index is 309. The fourth-order valence-electron chi connectivity index (χ4n) is 2.04. The van der Waals surface area contributed by atoms with Crippen LogP contribution in [0.4, 0.5) is 0 Å². The van der Waals surface area contributed by atoms with Gasteiger partial charge in [0.1, 0.15) is 0 Å². The van der Waals surface area contributed by atoms with Crippen LogP contribution in [0.15, 0.2) is 12.3 Å². The van der Waals surface area contributed by atoms with Crippen LogP contribution in [0, 0.1) is 0 Å². The normalized spacial score (nSPS) is 21.2. The first-order chi connectivity index (χ1) is 6.31. The molecular formula is C11H15NO. The highest BCUT2D eigenvalue weighted by atomic mass is 16.3. The lowest BCUT2D eigenvalue weighted by molar-refractivity contribution is 0.281. The van der Waals surface area contributed by atoms with Crippen LogP contribution in [0.2, 0.25) is 0 Å². The number of hydrogen-bond acceptors (Lipinski definition) is 2. The van der Waals surface area contributed by atoms with Gasteiger partial charge in [0.15, 0.2) is 0 Å². The molecular weight excluding hydrogens is 162 g/mol. The summed E-state index contributed by atoms with van der Waals surface area (Å²) in [7, 11) is 0. The second-order valence-corrected chi connectivity index (χ2v) is 3.84. The minimum atomic E-state index is 0.106. The zero-order valence-electron chi connectivity index (χ0n) is 7.95. The van der Waals surface area contributed by atoms with Crippen LogP contribution < -0.4 is 0 Å². The maximum absolute atomic E-state index is 8.97.